The molecule has 1 nitrogen and oxygen atoms in total. The minimum absolute atomic E-state index is 0.309. The van der Waals surface area contributed by atoms with Crippen molar-refractivity contribution in [2.24, 2.45) is 0 Å². The molecule has 0 saturated carbocycles. The molecular formula is C12H16ClNS. The summed E-state index contributed by atoms with van der Waals surface area (Å²) in [6.07, 6.45) is 2.14. The summed E-state index contributed by atoms with van der Waals surface area (Å²) in [5.74, 6) is 0. The van der Waals surface area contributed by atoms with Crippen LogP contribution in [0.4, 0.5) is 0 Å². The maximum absolute atomic E-state index is 6.28. The molecule has 0 radical (unpaired) electrons. The van der Waals surface area contributed by atoms with Gasteiger partial charge in [-0.2, -0.15) is 11.8 Å². The van der Waals surface area contributed by atoms with Crippen LogP contribution in [0, 0.1) is 0 Å². The molecule has 1 fully saturated rings. The minimum Gasteiger partial charge on any atom is -0.296 e. The van der Waals surface area contributed by atoms with Gasteiger partial charge in [-0.1, -0.05) is 30.3 Å². The van der Waals surface area contributed by atoms with Gasteiger partial charge >= 0.3 is 0 Å². The molecule has 1 aliphatic rings. The Balaban J connectivity index is 1.92. The van der Waals surface area contributed by atoms with Crippen LogP contribution in [-0.2, 0) is 6.54 Å². The third-order valence-electron chi connectivity index (χ3n) is 2.83. The zero-order valence-electron chi connectivity index (χ0n) is 8.90. The summed E-state index contributed by atoms with van der Waals surface area (Å²) in [6.45, 7) is 3.16. The van der Waals surface area contributed by atoms with Gasteiger partial charge in [-0.15, -0.1) is 11.6 Å². The van der Waals surface area contributed by atoms with Gasteiger partial charge in [0.1, 0.15) is 0 Å². The van der Waals surface area contributed by atoms with Crippen molar-refractivity contribution >= 4 is 23.4 Å². The summed E-state index contributed by atoms with van der Waals surface area (Å²) in [5.41, 5.74) is 1.38. The fourth-order valence-corrected chi connectivity index (χ4v) is 3.33. The van der Waals surface area contributed by atoms with Crippen molar-refractivity contribution in [1.29, 1.82) is 0 Å². The van der Waals surface area contributed by atoms with E-state index in [2.05, 4.69) is 41.5 Å². The van der Waals surface area contributed by atoms with E-state index in [9.17, 15) is 0 Å². The maximum Gasteiger partial charge on any atom is 0.0594 e. The number of hydrogen-bond acceptors (Lipinski definition) is 2. The van der Waals surface area contributed by atoms with Crippen LogP contribution in [0.3, 0.4) is 0 Å². The Morgan fingerprint density at radius 1 is 1.33 bits per heavy atom. The highest BCUT2D eigenvalue weighted by atomic mass is 35.5. The molecule has 1 aromatic rings. The second kappa shape index (κ2) is 5.24. The quantitative estimate of drug-likeness (QED) is 0.749. The van der Waals surface area contributed by atoms with Crippen molar-refractivity contribution in [1.82, 2.24) is 4.90 Å². The van der Waals surface area contributed by atoms with E-state index >= 15 is 0 Å². The van der Waals surface area contributed by atoms with Gasteiger partial charge in [-0.05, 0) is 11.8 Å². The van der Waals surface area contributed by atoms with E-state index in [1.807, 2.05) is 11.8 Å². The predicted octanol–water partition coefficient (Wildman–Crippen LogP) is 2.84. The van der Waals surface area contributed by atoms with Gasteiger partial charge in [0, 0.05) is 24.9 Å². The molecule has 1 aliphatic heterocycles. The Bertz CT molecular complexity index is 304. The Hall–Kier alpha value is -0.180. The van der Waals surface area contributed by atoms with Gasteiger partial charge in [0.25, 0.3) is 0 Å². The predicted molar refractivity (Wildman–Crippen MR) is 68.7 cm³/mol. The molecule has 2 rings (SSSR count). The standard InChI is InChI=1S/C12H16ClNS/c1-15-12-9-14(8-11(12)13)7-10-5-3-2-4-6-10/h2-6,11-12H,7-9H2,1H3. The van der Waals surface area contributed by atoms with E-state index in [1.54, 1.807) is 0 Å². The third kappa shape index (κ3) is 2.90. The van der Waals surface area contributed by atoms with Crippen molar-refractivity contribution in [3.8, 4) is 0 Å². The Labute approximate surface area is 101 Å². The van der Waals surface area contributed by atoms with Crippen LogP contribution >= 0.6 is 23.4 Å². The first-order valence-electron chi connectivity index (χ1n) is 5.22. The summed E-state index contributed by atoms with van der Waals surface area (Å²) in [4.78, 5) is 2.44. The molecule has 0 N–H and O–H groups in total. The first kappa shape index (κ1) is 11.3. The number of hydrogen-bond donors (Lipinski definition) is 0. The number of thioether (sulfide) groups is 1. The Morgan fingerprint density at radius 2 is 2.07 bits per heavy atom. The van der Waals surface area contributed by atoms with Crippen LogP contribution in [0.25, 0.3) is 0 Å². The lowest BCUT2D eigenvalue weighted by Crippen LogP contribution is -2.20. The molecule has 2 atom stereocenters. The number of rotatable bonds is 3. The summed E-state index contributed by atoms with van der Waals surface area (Å²) in [6, 6.07) is 10.6. The monoisotopic (exact) mass is 241 g/mol. The van der Waals surface area contributed by atoms with E-state index in [1.165, 1.54) is 5.56 Å². The Kier molecular flexibility index (Phi) is 3.95. The molecule has 0 amide bonds. The summed E-state index contributed by atoms with van der Waals surface area (Å²) in [7, 11) is 0. The van der Waals surface area contributed by atoms with E-state index in [4.69, 9.17) is 11.6 Å². The zero-order valence-corrected chi connectivity index (χ0v) is 10.5. The number of halogens is 1. The third-order valence-corrected chi connectivity index (χ3v) is 4.50. The topological polar surface area (TPSA) is 3.24 Å². The molecule has 0 aromatic heterocycles. The molecule has 0 spiro atoms. The Morgan fingerprint density at radius 3 is 2.67 bits per heavy atom. The molecule has 1 heterocycles. The summed E-state index contributed by atoms with van der Waals surface area (Å²) >= 11 is 8.16. The van der Waals surface area contributed by atoms with E-state index < -0.39 is 0 Å². The van der Waals surface area contributed by atoms with Crippen LogP contribution in [0.15, 0.2) is 30.3 Å². The van der Waals surface area contributed by atoms with Crippen molar-refractivity contribution in [3.05, 3.63) is 35.9 Å². The summed E-state index contributed by atoms with van der Waals surface area (Å²) < 4.78 is 0. The lowest BCUT2D eigenvalue weighted by atomic mass is 10.2. The fourth-order valence-electron chi connectivity index (χ4n) is 2.00. The number of benzene rings is 1. The van der Waals surface area contributed by atoms with E-state index in [0.29, 0.717) is 10.6 Å². The van der Waals surface area contributed by atoms with Gasteiger partial charge in [-0.3, -0.25) is 4.90 Å². The van der Waals surface area contributed by atoms with Crippen LogP contribution < -0.4 is 0 Å². The van der Waals surface area contributed by atoms with E-state index in [-0.39, 0.29) is 0 Å². The van der Waals surface area contributed by atoms with Gasteiger partial charge < -0.3 is 0 Å². The second-order valence-electron chi connectivity index (χ2n) is 3.97. The zero-order chi connectivity index (χ0) is 10.7. The SMILES string of the molecule is CSC1CN(Cc2ccccc2)CC1Cl. The van der Waals surface area contributed by atoms with Crippen LogP contribution in [0.2, 0.25) is 0 Å². The molecule has 0 bridgehead atoms. The molecule has 2 unspecified atom stereocenters. The largest absolute Gasteiger partial charge is 0.296 e. The van der Waals surface area contributed by atoms with Crippen LogP contribution in [0.1, 0.15) is 5.56 Å². The summed E-state index contributed by atoms with van der Waals surface area (Å²) in [5, 5.41) is 0.902. The maximum atomic E-state index is 6.28. The van der Waals surface area contributed by atoms with Crippen molar-refractivity contribution < 1.29 is 0 Å². The van der Waals surface area contributed by atoms with Gasteiger partial charge in [0.2, 0.25) is 0 Å². The molecular weight excluding hydrogens is 226 g/mol. The van der Waals surface area contributed by atoms with Gasteiger partial charge in [0.05, 0.1) is 5.38 Å². The minimum atomic E-state index is 0.309. The highest BCUT2D eigenvalue weighted by molar-refractivity contribution is 7.99. The van der Waals surface area contributed by atoms with Crippen LogP contribution in [-0.4, -0.2) is 34.9 Å². The van der Waals surface area contributed by atoms with E-state index in [0.717, 1.165) is 19.6 Å². The lowest BCUT2D eigenvalue weighted by Gasteiger charge is -2.14. The normalized spacial score (nSPS) is 27.1. The second-order valence-corrected chi connectivity index (χ2v) is 5.61. The highest BCUT2D eigenvalue weighted by Crippen LogP contribution is 2.26. The first-order valence-corrected chi connectivity index (χ1v) is 6.95. The average molecular weight is 242 g/mol. The average Bonchev–Trinajstić information content (AvgIpc) is 2.60. The molecule has 1 aromatic carbocycles. The highest BCUT2D eigenvalue weighted by Gasteiger charge is 2.30. The fraction of sp³-hybridized carbons (Fsp3) is 0.500. The van der Waals surface area contributed by atoms with Crippen molar-refractivity contribution in [3.63, 3.8) is 0 Å². The van der Waals surface area contributed by atoms with Gasteiger partial charge in [-0.25, -0.2) is 0 Å². The lowest BCUT2D eigenvalue weighted by molar-refractivity contribution is 0.333. The number of alkyl halides is 1. The van der Waals surface area contributed by atoms with Gasteiger partial charge in [0.15, 0.2) is 0 Å². The van der Waals surface area contributed by atoms with Crippen LogP contribution in [0.5, 0.6) is 0 Å². The molecule has 0 aliphatic carbocycles. The first-order chi connectivity index (χ1) is 7.29. The number of likely N-dealkylation sites (tertiary alicyclic amines) is 1. The number of nitrogens with zero attached hydrogens (tertiary/aromatic N) is 1. The smallest absolute Gasteiger partial charge is 0.0594 e. The molecule has 82 valence electrons. The molecule has 3 heteroatoms. The van der Waals surface area contributed by atoms with Crippen molar-refractivity contribution in [2.45, 2.75) is 17.2 Å². The molecule has 1 saturated heterocycles. The molecule has 15 heavy (non-hydrogen) atoms. The van der Waals surface area contributed by atoms with Crippen molar-refractivity contribution in [2.75, 3.05) is 19.3 Å².